The molecule has 0 aliphatic carbocycles. The molecule has 0 spiro atoms. The summed E-state index contributed by atoms with van der Waals surface area (Å²) in [5.41, 5.74) is 7.06. The Morgan fingerprint density at radius 1 is 1.42 bits per heavy atom. The molecule has 1 heterocycles. The van der Waals surface area contributed by atoms with Crippen LogP contribution in [0.1, 0.15) is 28.8 Å². The lowest BCUT2D eigenvalue weighted by atomic mass is 9.97. The third kappa shape index (κ3) is 3.15. The summed E-state index contributed by atoms with van der Waals surface area (Å²) in [5.74, 6) is -0.569. The molecule has 1 aromatic carbocycles. The summed E-state index contributed by atoms with van der Waals surface area (Å²) < 4.78 is 0.918. The summed E-state index contributed by atoms with van der Waals surface area (Å²) in [4.78, 5) is 25.3. The van der Waals surface area contributed by atoms with Gasteiger partial charge >= 0.3 is 0 Å². The molecule has 4 nitrogen and oxygen atoms in total. The van der Waals surface area contributed by atoms with Gasteiger partial charge in [-0.25, -0.2) is 0 Å². The molecule has 1 aromatic rings. The van der Waals surface area contributed by atoms with E-state index in [-0.39, 0.29) is 17.7 Å². The average Bonchev–Trinajstić information content (AvgIpc) is 2.41. The Morgan fingerprint density at radius 2 is 2.16 bits per heavy atom. The first kappa shape index (κ1) is 14.1. The molecule has 0 aromatic heterocycles. The first-order valence-corrected chi connectivity index (χ1v) is 7.13. The third-order valence-corrected chi connectivity index (χ3v) is 4.38. The van der Waals surface area contributed by atoms with Crippen LogP contribution < -0.4 is 5.73 Å². The molecule has 2 rings (SSSR count). The minimum atomic E-state index is -0.317. The zero-order valence-electron chi connectivity index (χ0n) is 10.9. The number of piperidine rings is 1. The zero-order valence-corrected chi connectivity index (χ0v) is 12.4. The fraction of sp³-hybridized carbons (Fsp3) is 0.429. The smallest absolute Gasteiger partial charge is 0.253 e. The predicted molar refractivity (Wildman–Crippen MR) is 76.7 cm³/mol. The number of primary amides is 1. The van der Waals surface area contributed by atoms with Gasteiger partial charge in [-0.15, -0.1) is 0 Å². The van der Waals surface area contributed by atoms with Crippen molar-refractivity contribution >= 4 is 27.7 Å². The molecule has 1 aliphatic rings. The second-order valence-electron chi connectivity index (χ2n) is 4.96. The van der Waals surface area contributed by atoms with Gasteiger partial charge in [0.2, 0.25) is 5.91 Å². The first-order valence-electron chi connectivity index (χ1n) is 6.34. The number of halogens is 1. The standard InChI is InChI=1S/C14H17BrN2O2/c1-9-4-5-10(7-12(9)15)14(19)17-6-2-3-11(8-17)13(16)18/h4-5,7,11H,2-3,6,8H2,1H3,(H2,16,18). The number of carbonyl (C=O) groups excluding carboxylic acids is 2. The lowest BCUT2D eigenvalue weighted by Crippen LogP contribution is -2.44. The molecular weight excluding hydrogens is 308 g/mol. The van der Waals surface area contributed by atoms with Gasteiger partial charge in [-0.2, -0.15) is 0 Å². The molecule has 1 saturated heterocycles. The van der Waals surface area contributed by atoms with Gasteiger partial charge in [0, 0.05) is 23.1 Å². The van der Waals surface area contributed by atoms with Crippen molar-refractivity contribution in [2.75, 3.05) is 13.1 Å². The van der Waals surface area contributed by atoms with Gasteiger partial charge in [0.25, 0.3) is 5.91 Å². The van der Waals surface area contributed by atoms with Crippen molar-refractivity contribution in [3.05, 3.63) is 33.8 Å². The average molecular weight is 325 g/mol. The highest BCUT2D eigenvalue weighted by molar-refractivity contribution is 9.10. The summed E-state index contributed by atoms with van der Waals surface area (Å²) in [6.45, 7) is 3.09. The minimum Gasteiger partial charge on any atom is -0.369 e. The van der Waals surface area contributed by atoms with Gasteiger partial charge in [-0.05, 0) is 37.5 Å². The van der Waals surface area contributed by atoms with Crippen LogP contribution in [0.2, 0.25) is 0 Å². The fourth-order valence-electron chi connectivity index (χ4n) is 2.30. The third-order valence-electron chi connectivity index (χ3n) is 3.53. The Balaban J connectivity index is 2.14. The van der Waals surface area contributed by atoms with Crippen molar-refractivity contribution < 1.29 is 9.59 Å². The monoisotopic (exact) mass is 324 g/mol. The molecule has 0 saturated carbocycles. The van der Waals surface area contributed by atoms with Crippen molar-refractivity contribution in [1.29, 1.82) is 0 Å². The number of benzene rings is 1. The number of amides is 2. The second kappa shape index (κ2) is 5.74. The highest BCUT2D eigenvalue weighted by Gasteiger charge is 2.27. The normalized spacial score (nSPS) is 19.3. The Bertz CT molecular complexity index is 516. The quantitative estimate of drug-likeness (QED) is 0.905. The van der Waals surface area contributed by atoms with Gasteiger partial charge < -0.3 is 10.6 Å². The van der Waals surface area contributed by atoms with E-state index in [1.165, 1.54) is 0 Å². The molecule has 1 unspecified atom stereocenters. The van der Waals surface area contributed by atoms with Crippen LogP contribution in [-0.2, 0) is 4.79 Å². The molecule has 2 amide bonds. The van der Waals surface area contributed by atoms with E-state index >= 15 is 0 Å². The number of nitrogens with zero attached hydrogens (tertiary/aromatic N) is 1. The van der Waals surface area contributed by atoms with E-state index in [2.05, 4.69) is 15.9 Å². The van der Waals surface area contributed by atoms with E-state index in [9.17, 15) is 9.59 Å². The van der Waals surface area contributed by atoms with Crippen molar-refractivity contribution in [3.63, 3.8) is 0 Å². The van der Waals surface area contributed by atoms with Crippen LogP contribution in [0.25, 0.3) is 0 Å². The molecule has 19 heavy (non-hydrogen) atoms. The second-order valence-corrected chi connectivity index (χ2v) is 5.81. The van der Waals surface area contributed by atoms with Gasteiger partial charge in [0.05, 0.1) is 5.92 Å². The fourth-order valence-corrected chi connectivity index (χ4v) is 2.68. The van der Waals surface area contributed by atoms with E-state index in [4.69, 9.17) is 5.73 Å². The van der Waals surface area contributed by atoms with Crippen molar-refractivity contribution in [2.45, 2.75) is 19.8 Å². The summed E-state index contributed by atoms with van der Waals surface area (Å²) in [6.07, 6.45) is 1.60. The van der Waals surface area contributed by atoms with E-state index in [1.54, 1.807) is 4.90 Å². The molecule has 0 bridgehead atoms. The van der Waals surface area contributed by atoms with Crippen LogP contribution in [0.3, 0.4) is 0 Å². The number of hydrogen-bond acceptors (Lipinski definition) is 2. The number of nitrogens with two attached hydrogens (primary N) is 1. The van der Waals surface area contributed by atoms with Crippen LogP contribution in [0.5, 0.6) is 0 Å². The molecule has 0 radical (unpaired) electrons. The van der Waals surface area contributed by atoms with Crippen LogP contribution in [0.4, 0.5) is 0 Å². The molecule has 1 atom stereocenters. The maximum atomic E-state index is 12.4. The Kier molecular flexibility index (Phi) is 4.24. The summed E-state index contributed by atoms with van der Waals surface area (Å²) >= 11 is 3.43. The van der Waals surface area contributed by atoms with Crippen molar-refractivity contribution in [1.82, 2.24) is 4.90 Å². The minimum absolute atomic E-state index is 0.0355. The maximum absolute atomic E-state index is 12.4. The van der Waals surface area contributed by atoms with Crippen molar-refractivity contribution in [2.24, 2.45) is 11.7 Å². The van der Waals surface area contributed by atoms with Gasteiger partial charge in [-0.3, -0.25) is 9.59 Å². The van der Waals surface area contributed by atoms with E-state index in [0.717, 1.165) is 22.9 Å². The van der Waals surface area contributed by atoms with Gasteiger partial charge in [-0.1, -0.05) is 22.0 Å². The number of rotatable bonds is 2. The van der Waals surface area contributed by atoms with E-state index < -0.39 is 0 Å². The Labute approximate surface area is 121 Å². The molecule has 5 heteroatoms. The topological polar surface area (TPSA) is 63.4 Å². The van der Waals surface area contributed by atoms with E-state index in [0.29, 0.717) is 18.7 Å². The molecule has 2 N–H and O–H groups in total. The van der Waals surface area contributed by atoms with Crippen LogP contribution in [-0.4, -0.2) is 29.8 Å². The largest absolute Gasteiger partial charge is 0.369 e. The molecule has 1 aliphatic heterocycles. The first-order chi connectivity index (χ1) is 8.99. The van der Waals surface area contributed by atoms with Gasteiger partial charge in [0.15, 0.2) is 0 Å². The lowest BCUT2D eigenvalue weighted by Gasteiger charge is -2.31. The highest BCUT2D eigenvalue weighted by atomic mass is 79.9. The number of hydrogen-bond donors (Lipinski definition) is 1. The Hall–Kier alpha value is -1.36. The lowest BCUT2D eigenvalue weighted by molar-refractivity contribution is -0.123. The summed E-state index contributed by atoms with van der Waals surface area (Å²) in [6, 6.07) is 5.55. The Morgan fingerprint density at radius 3 is 2.79 bits per heavy atom. The van der Waals surface area contributed by atoms with Crippen LogP contribution in [0.15, 0.2) is 22.7 Å². The molecule has 102 valence electrons. The predicted octanol–water partition coefficient (Wildman–Crippen LogP) is 2.10. The summed E-state index contributed by atoms with van der Waals surface area (Å²) in [5, 5.41) is 0. The number of aryl methyl sites for hydroxylation is 1. The van der Waals surface area contributed by atoms with Crippen molar-refractivity contribution in [3.8, 4) is 0 Å². The van der Waals surface area contributed by atoms with Crippen LogP contribution >= 0.6 is 15.9 Å². The molecular formula is C14H17BrN2O2. The maximum Gasteiger partial charge on any atom is 0.253 e. The zero-order chi connectivity index (χ0) is 14.0. The summed E-state index contributed by atoms with van der Waals surface area (Å²) in [7, 11) is 0. The SMILES string of the molecule is Cc1ccc(C(=O)N2CCCC(C(N)=O)C2)cc1Br. The van der Waals surface area contributed by atoms with Gasteiger partial charge in [0.1, 0.15) is 0 Å². The highest BCUT2D eigenvalue weighted by Crippen LogP contribution is 2.21. The number of carbonyl (C=O) groups is 2. The molecule has 1 fully saturated rings. The number of likely N-dealkylation sites (tertiary alicyclic amines) is 1. The van der Waals surface area contributed by atoms with Crippen LogP contribution in [0, 0.1) is 12.8 Å². The van der Waals surface area contributed by atoms with E-state index in [1.807, 2.05) is 25.1 Å².